The summed E-state index contributed by atoms with van der Waals surface area (Å²) in [6, 6.07) is 7.88. The van der Waals surface area contributed by atoms with Gasteiger partial charge in [-0.15, -0.1) is 0 Å². The lowest BCUT2D eigenvalue weighted by Crippen LogP contribution is -2.29. The van der Waals surface area contributed by atoms with Crippen LogP contribution in [-0.4, -0.2) is 47.6 Å². The average Bonchev–Trinajstić information content (AvgIpc) is 3.06. The summed E-state index contributed by atoms with van der Waals surface area (Å²) in [5, 5.41) is 9.63. The number of nitrogens with zero attached hydrogens (tertiary/aromatic N) is 2. The Kier molecular flexibility index (Phi) is 5.73. The van der Waals surface area contributed by atoms with Crippen LogP contribution in [0.15, 0.2) is 24.3 Å². The Morgan fingerprint density at radius 3 is 2.62 bits per heavy atom. The van der Waals surface area contributed by atoms with Crippen molar-refractivity contribution in [3.63, 3.8) is 0 Å². The first-order valence-electron chi connectivity index (χ1n) is 8.01. The second-order valence-electron chi connectivity index (χ2n) is 5.97. The summed E-state index contributed by atoms with van der Waals surface area (Å²) in [5.41, 5.74) is 4.60. The van der Waals surface area contributed by atoms with Crippen LogP contribution in [0.3, 0.4) is 0 Å². The molecule has 1 aromatic carbocycles. The smallest absolute Gasteiger partial charge is 0.271 e. The molecule has 0 spiro atoms. The summed E-state index contributed by atoms with van der Waals surface area (Å²) < 4.78 is 0. The number of aromatic nitrogens is 2. The maximum atomic E-state index is 12.4. The molecule has 0 aliphatic rings. The van der Waals surface area contributed by atoms with Gasteiger partial charge in [-0.1, -0.05) is 12.1 Å². The van der Waals surface area contributed by atoms with Gasteiger partial charge in [0.05, 0.1) is 5.69 Å². The van der Waals surface area contributed by atoms with Crippen LogP contribution in [0, 0.1) is 13.8 Å². The lowest BCUT2D eigenvalue weighted by Gasteiger charge is -2.15. The van der Waals surface area contributed by atoms with Crippen molar-refractivity contribution in [1.29, 1.82) is 0 Å². The molecule has 0 atom stereocenters. The van der Waals surface area contributed by atoms with E-state index < -0.39 is 0 Å². The van der Waals surface area contributed by atoms with Gasteiger partial charge < -0.3 is 10.2 Å². The first-order chi connectivity index (χ1) is 11.4. The number of hydrogen-bond donors (Lipinski definition) is 2. The van der Waals surface area contributed by atoms with Gasteiger partial charge in [-0.25, -0.2) is 0 Å². The standard InChI is InChI=1S/C18H24N4O2/c1-12-7-8-14(10-13(12)2)15-11-16(21-20-15)18(24)22(4)9-5-6-17(23)19-3/h7-8,10-11H,5-6,9H2,1-4H3,(H,19,23)(H,20,21). The van der Waals surface area contributed by atoms with Crippen molar-refractivity contribution in [1.82, 2.24) is 20.4 Å². The monoisotopic (exact) mass is 328 g/mol. The number of carbonyl (C=O) groups excluding carboxylic acids is 2. The van der Waals surface area contributed by atoms with Crippen LogP contribution in [-0.2, 0) is 4.79 Å². The third-order valence-corrected chi connectivity index (χ3v) is 4.13. The van der Waals surface area contributed by atoms with Crippen molar-refractivity contribution in [2.75, 3.05) is 20.6 Å². The van der Waals surface area contributed by atoms with Crippen LogP contribution < -0.4 is 5.32 Å². The molecule has 0 aliphatic heterocycles. The molecular formula is C18H24N4O2. The van der Waals surface area contributed by atoms with Crippen LogP contribution in [0.25, 0.3) is 11.3 Å². The third-order valence-electron chi connectivity index (χ3n) is 4.13. The van der Waals surface area contributed by atoms with Gasteiger partial charge in [-0.3, -0.25) is 14.7 Å². The number of H-pyrrole nitrogens is 1. The van der Waals surface area contributed by atoms with Crippen molar-refractivity contribution < 1.29 is 9.59 Å². The van der Waals surface area contributed by atoms with Crippen molar-refractivity contribution >= 4 is 11.8 Å². The predicted molar refractivity (Wildman–Crippen MR) is 93.8 cm³/mol. The first kappa shape index (κ1) is 17.7. The van der Waals surface area contributed by atoms with Crippen molar-refractivity contribution in [3.8, 4) is 11.3 Å². The van der Waals surface area contributed by atoms with Gasteiger partial charge in [0, 0.05) is 32.6 Å². The van der Waals surface area contributed by atoms with E-state index in [0.29, 0.717) is 25.1 Å². The summed E-state index contributed by atoms with van der Waals surface area (Å²) in [5.74, 6) is -0.149. The largest absolute Gasteiger partial charge is 0.359 e. The topological polar surface area (TPSA) is 78.1 Å². The third kappa shape index (κ3) is 4.22. The summed E-state index contributed by atoms with van der Waals surface area (Å²) in [4.78, 5) is 25.2. The van der Waals surface area contributed by atoms with Crippen LogP contribution in [0.2, 0.25) is 0 Å². The zero-order valence-electron chi connectivity index (χ0n) is 14.6. The van der Waals surface area contributed by atoms with Gasteiger partial charge in [0.15, 0.2) is 0 Å². The highest BCUT2D eigenvalue weighted by Crippen LogP contribution is 2.21. The lowest BCUT2D eigenvalue weighted by atomic mass is 10.0. The molecule has 0 fully saturated rings. The number of amides is 2. The van der Waals surface area contributed by atoms with E-state index in [2.05, 4.69) is 35.4 Å². The van der Waals surface area contributed by atoms with E-state index in [9.17, 15) is 9.59 Å². The number of benzene rings is 1. The molecule has 0 saturated heterocycles. The Morgan fingerprint density at radius 2 is 1.96 bits per heavy atom. The van der Waals surface area contributed by atoms with E-state index in [1.807, 2.05) is 12.1 Å². The van der Waals surface area contributed by atoms with Crippen LogP contribution in [0.5, 0.6) is 0 Å². The van der Waals surface area contributed by atoms with Crippen molar-refractivity contribution in [2.45, 2.75) is 26.7 Å². The normalized spacial score (nSPS) is 10.5. The number of rotatable bonds is 6. The summed E-state index contributed by atoms with van der Waals surface area (Å²) in [6.45, 7) is 4.63. The molecule has 0 radical (unpaired) electrons. The second-order valence-corrected chi connectivity index (χ2v) is 5.97. The van der Waals surface area contributed by atoms with Gasteiger partial charge in [-0.05, 0) is 43.5 Å². The number of carbonyl (C=O) groups is 2. The van der Waals surface area contributed by atoms with E-state index in [-0.39, 0.29) is 11.8 Å². The molecule has 24 heavy (non-hydrogen) atoms. The highest BCUT2D eigenvalue weighted by Gasteiger charge is 2.15. The number of nitrogens with one attached hydrogen (secondary N) is 2. The van der Waals surface area contributed by atoms with Gasteiger partial charge in [0.2, 0.25) is 5.91 Å². The Morgan fingerprint density at radius 1 is 1.21 bits per heavy atom. The average molecular weight is 328 g/mol. The molecular weight excluding hydrogens is 304 g/mol. The molecule has 0 unspecified atom stereocenters. The Balaban J connectivity index is 2.02. The van der Waals surface area contributed by atoms with Gasteiger partial charge in [-0.2, -0.15) is 5.10 Å². The molecule has 0 bridgehead atoms. The van der Waals surface area contributed by atoms with Crippen molar-refractivity contribution in [2.24, 2.45) is 0 Å². The highest BCUT2D eigenvalue weighted by atomic mass is 16.2. The minimum absolute atomic E-state index is 0.0191. The molecule has 2 amide bonds. The van der Waals surface area contributed by atoms with E-state index in [1.54, 1.807) is 25.1 Å². The zero-order chi connectivity index (χ0) is 17.7. The SMILES string of the molecule is CNC(=O)CCCN(C)C(=O)c1cc(-c2ccc(C)c(C)c2)n[nH]1. The molecule has 2 rings (SSSR count). The van der Waals surface area contributed by atoms with Crippen LogP contribution >= 0.6 is 0 Å². The summed E-state index contributed by atoms with van der Waals surface area (Å²) in [7, 11) is 3.33. The molecule has 128 valence electrons. The number of aryl methyl sites for hydroxylation is 2. The van der Waals surface area contributed by atoms with E-state index >= 15 is 0 Å². The van der Waals surface area contributed by atoms with E-state index in [4.69, 9.17) is 0 Å². The summed E-state index contributed by atoms with van der Waals surface area (Å²) in [6.07, 6.45) is 1.03. The molecule has 1 aromatic heterocycles. The quantitative estimate of drug-likeness (QED) is 0.854. The van der Waals surface area contributed by atoms with Gasteiger partial charge in [0.25, 0.3) is 5.91 Å². The maximum Gasteiger partial charge on any atom is 0.271 e. The molecule has 0 aliphatic carbocycles. The van der Waals surface area contributed by atoms with Crippen molar-refractivity contribution in [3.05, 3.63) is 41.1 Å². The Bertz CT molecular complexity index is 736. The number of hydrogen-bond acceptors (Lipinski definition) is 3. The fraction of sp³-hybridized carbons (Fsp3) is 0.389. The minimum Gasteiger partial charge on any atom is -0.359 e. The van der Waals surface area contributed by atoms with Gasteiger partial charge in [0.1, 0.15) is 5.69 Å². The molecule has 2 aromatic rings. The molecule has 6 heteroatoms. The number of aromatic amines is 1. The Hall–Kier alpha value is -2.63. The van der Waals surface area contributed by atoms with Gasteiger partial charge >= 0.3 is 0 Å². The molecule has 2 N–H and O–H groups in total. The maximum absolute atomic E-state index is 12.4. The fourth-order valence-electron chi connectivity index (χ4n) is 2.39. The minimum atomic E-state index is -0.130. The predicted octanol–water partition coefficient (Wildman–Crippen LogP) is 2.29. The zero-order valence-corrected chi connectivity index (χ0v) is 14.6. The van der Waals surface area contributed by atoms with E-state index in [1.165, 1.54) is 11.1 Å². The molecule has 1 heterocycles. The second kappa shape index (κ2) is 7.77. The fourth-order valence-corrected chi connectivity index (χ4v) is 2.39. The summed E-state index contributed by atoms with van der Waals surface area (Å²) >= 11 is 0. The Labute approximate surface area is 142 Å². The molecule has 0 saturated carbocycles. The highest BCUT2D eigenvalue weighted by molar-refractivity contribution is 5.93. The first-order valence-corrected chi connectivity index (χ1v) is 8.01. The van der Waals surface area contributed by atoms with Crippen LogP contribution in [0.4, 0.5) is 0 Å². The lowest BCUT2D eigenvalue weighted by molar-refractivity contribution is -0.120. The molecule has 6 nitrogen and oxygen atoms in total. The van der Waals surface area contributed by atoms with Crippen LogP contribution in [0.1, 0.15) is 34.5 Å². The van der Waals surface area contributed by atoms with E-state index in [0.717, 1.165) is 11.3 Å².